The molecule has 0 radical (unpaired) electrons. The second-order valence-electron chi connectivity index (χ2n) is 5.64. The van der Waals surface area contributed by atoms with Crippen LogP contribution in [-0.4, -0.2) is 5.11 Å². The third-order valence-electron chi connectivity index (χ3n) is 4.04. The molecule has 4 heteroatoms. The van der Waals surface area contributed by atoms with Gasteiger partial charge in [0.15, 0.2) is 11.0 Å². The molecular formula is C18H13ClO3. The first kappa shape index (κ1) is 13.4. The summed E-state index contributed by atoms with van der Waals surface area (Å²) in [6.07, 6.45) is 2.26. The summed E-state index contributed by atoms with van der Waals surface area (Å²) in [6.45, 7) is 0. The van der Waals surface area contributed by atoms with Crippen LogP contribution >= 0.6 is 11.6 Å². The van der Waals surface area contributed by atoms with E-state index in [1.165, 1.54) is 6.07 Å². The van der Waals surface area contributed by atoms with Crippen molar-refractivity contribution in [1.29, 1.82) is 0 Å². The zero-order valence-electron chi connectivity index (χ0n) is 11.7. The Morgan fingerprint density at radius 2 is 1.82 bits per heavy atom. The molecule has 3 nitrogen and oxygen atoms in total. The Labute approximate surface area is 131 Å². The molecule has 1 N–H and O–H groups in total. The maximum Gasteiger partial charge on any atom is 0.193 e. The lowest BCUT2D eigenvalue weighted by atomic mass is 10.1. The third kappa shape index (κ3) is 2.18. The fourth-order valence-electron chi connectivity index (χ4n) is 2.68. The van der Waals surface area contributed by atoms with E-state index in [0.29, 0.717) is 27.7 Å². The van der Waals surface area contributed by atoms with Crippen LogP contribution in [0.15, 0.2) is 51.7 Å². The molecule has 3 aromatic rings. The molecule has 0 unspecified atom stereocenters. The summed E-state index contributed by atoms with van der Waals surface area (Å²) in [6, 6.07) is 11.7. The molecule has 4 rings (SSSR count). The number of halogens is 1. The van der Waals surface area contributed by atoms with E-state index >= 15 is 0 Å². The zero-order valence-corrected chi connectivity index (χ0v) is 12.4. The molecule has 1 aliphatic carbocycles. The summed E-state index contributed by atoms with van der Waals surface area (Å²) in [5.41, 5.74) is 2.11. The fraction of sp³-hybridized carbons (Fsp3) is 0.167. The van der Waals surface area contributed by atoms with E-state index in [0.717, 1.165) is 24.0 Å². The van der Waals surface area contributed by atoms with Crippen molar-refractivity contribution in [3.63, 3.8) is 0 Å². The van der Waals surface area contributed by atoms with Crippen molar-refractivity contribution in [2.45, 2.75) is 18.8 Å². The highest BCUT2D eigenvalue weighted by atomic mass is 35.5. The number of rotatable bonds is 2. The predicted octanol–water partition coefficient (Wildman–Crippen LogP) is 4.70. The summed E-state index contributed by atoms with van der Waals surface area (Å²) in [7, 11) is 0. The minimum Gasteiger partial charge on any atom is -0.508 e. The van der Waals surface area contributed by atoms with E-state index in [9.17, 15) is 9.90 Å². The molecule has 0 spiro atoms. The van der Waals surface area contributed by atoms with Gasteiger partial charge in [-0.05, 0) is 54.7 Å². The minimum absolute atomic E-state index is 0.117. The van der Waals surface area contributed by atoms with Gasteiger partial charge in [0.25, 0.3) is 0 Å². The molecule has 0 saturated heterocycles. The molecule has 22 heavy (non-hydrogen) atoms. The van der Waals surface area contributed by atoms with Crippen molar-refractivity contribution < 1.29 is 9.52 Å². The van der Waals surface area contributed by atoms with E-state index in [1.807, 2.05) is 6.07 Å². The zero-order chi connectivity index (χ0) is 15.3. The molecular weight excluding hydrogens is 300 g/mol. The van der Waals surface area contributed by atoms with Gasteiger partial charge < -0.3 is 9.52 Å². The van der Waals surface area contributed by atoms with Gasteiger partial charge >= 0.3 is 0 Å². The van der Waals surface area contributed by atoms with E-state index in [-0.39, 0.29) is 11.2 Å². The highest BCUT2D eigenvalue weighted by Gasteiger charge is 2.27. The second-order valence-corrected chi connectivity index (χ2v) is 6.02. The van der Waals surface area contributed by atoms with Gasteiger partial charge in [-0.2, -0.15) is 0 Å². The molecule has 110 valence electrons. The van der Waals surface area contributed by atoms with Crippen LogP contribution in [-0.2, 0) is 0 Å². The van der Waals surface area contributed by atoms with E-state index in [4.69, 9.17) is 16.0 Å². The first-order valence-corrected chi connectivity index (χ1v) is 7.57. The second kappa shape index (κ2) is 4.89. The first-order chi connectivity index (χ1) is 10.6. The quantitative estimate of drug-likeness (QED) is 0.746. The number of phenols is 1. The van der Waals surface area contributed by atoms with Crippen LogP contribution in [0.3, 0.4) is 0 Å². The summed E-state index contributed by atoms with van der Waals surface area (Å²) < 4.78 is 5.90. The smallest absolute Gasteiger partial charge is 0.193 e. The first-order valence-electron chi connectivity index (χ1n) is 7.19. The topological polar surface area (TPSA) is 50.4 Å². The number of phenolic OH excluding ortho intramolecular Hbond substituents is 1. The van der Waals surface area contributed by atoms with Crippen LogP contribution in [0.2, 0.25) is 5.02 Å². The number of aromatic hydroxyl groups is 1. The Hall–Kier alpha value is -2.26. The van der Waals surface area contributed by atoms with Crippen LogP contribution in [0.1, 0.15) is 24.3 Å². The lowest BCUT2D eigenvalue weighted by Crippen LogP contribution is -2.01. The average Bonchev–Trinajstić information content (AvgIpc) is 3.33. The summed E-state index contributed by atoms with van der Waals surface area (Å²) in [5.74, 6) is 1.10. The number of hydrogen-bond acceptors (Lipinski definition) is 3. The molecule has 1 aliphatic rings. The molecule has 1 aromatic heterocycles. The molecule has 2 aromatic carbocycles. The largest absolute Gasteiger partial charge is 0.508 e. The third-order valence-corrected chi connectivity index (χ3v) is 4.43. The Morgan fingerprint density at radius 1 is 1.09 bits per heavy atom. The van der Waals surface area contributed by atoms with Gasteiger partial charge in [-0.25, -0.2) is 0 Å². The molecule has 1 fully saturated rings. The SMILES string of the molecule is O=c1cc(-c2ccc(O)cc2)oc2c(Cl)c(C3CC3)ccc12. The van der Waals surface area contributed by atoms with Crippen molar-refractivity contribution in [2.75, 3.05) is 0 Å². The van der Waals surface area contributed by atoms with Crippen molar-refractivity contribution in [1.82, 2.24) is 0 Å². The molecule has 0 bridgehead atoms. The maximum absolute atomic E-state index is 12.3. The number of hydrogen-bond donors (Lipinski definition) is 1. The molecule has 1 heterocycles. The van der Waals surface area contributed by atoms with Gasteiger partial charge in [-0.3, -0.25) is 4.79 Å². The number of benzene rings is 2. The van der Waals surface area contributed by atoms with Gasteiger partial charge in [0.05, 0.1) is 10.4 Å². The van der Waals surface area contributed by atoms with Gasteiger partial charge in [-0.1, -0.05) is 17.7 Å². The Kier molecular flexibility index (Phi) is 2.98. The van der Waals surface area contributed by atoms with Gasteiger partial charge in [0.2, 0.25) is 0 Å². The molecule has 0 aliphatic heterocycles. The maximum atomic E-state index is 12.3. The highest BCUT2D eigenvalue weighted by molar-refractivity contribution is 6.35. The van der Waals surface area contributed by atoms with Gasteiger partial charge in [0.1, 0.15) is 11.5 Å². The predicted molar refractivity (Wildman–Crippen MR) is 86.6 cm³/mol. The van der Waals surface area contributed by atoms with Crippen LogP contribution in [0.25, 0.3) is 22.3 Å². The normalized spacial score (nSPS) is 14.4. The Bertz CT molecular complexity index is 921. The van der Waals surface area contributed by atoms with E-state index in [1.54, 1.807) is 30.3 Å². The summed E-state index contributed by atoms with van der Waals surface area (Å²) in [4.78, 5) is 12.3. The summed E-state index contributed by atoms with van der Waals surface area (Å²) in [5, 5.41) is 10.4. The van der Waals surface area contributed by atoms with Gasteiger partial charge in [0, 0.05) is 11.6 Å². The molecule has 0 amide bonds. The number of fused-ring (bicyclic) bond motifs is 1. The van der Waals surface area contributed by atoms with Crippen molar-refractivity contribution >= 4 is 22.6 Å². The fourth-order valence-corrected chi connectivity index (χ4v) is 3.04. The van der Waals surface area contributed by atoms with Crippen LogP contribution in [0.4, 0.5) is 0 Å². The summed E-state index contributed by atoms with van der Waals surface area (Å²) >= 11 is 6.46. The standard InChI is InChI=1S/C18H13ClO3/c19-17-13(10-1-2-10)7-8-14-15(21)9-16(22-18(14)17)11-3-5-12(20)6-4-11/h3-10,20H,1-2H2. The molecule has 0 atom stereocenters. The van der Waals surface area contributed by atoms with E-state index in [2.05, 4.69) is 0 Å². The Morgan fingerprint density at radius 3 is 2.50 bits per heavy atom. The van der Waals surface area contributed by atoms with E-state index < -0.39 is 0 Å². The lowest BCUT2D eigenvalue weighted by Gasteiger charge is -2.08. The molecule has 1 saturated carbocycles. The Balaban J connectivity index is 1.95. The van der Waals surface area contributed by atoms with Crippen LogP contribution in [0, 0.1) is 0 Å². The lowest BCUT2D eigenvalue weighted by molar-refractivity contribution is 0.475. The van der Waals surface area contributed by atoms with Gasteiger partial charge in [-0.15, -0.1) is 0 Å². The van der Waals surface area contributed by atoms with Crippen LogP contribution < -0.4 is 5.43 Å². The average molecular weight is 313 g/mol. The highest BCUT2D eigenvalue weighted by Crippen LogP contribution is 2.45. The minimum atomic E-state index is -0.117. The van der Waals surface area contributed by atoms with Crippen molar-refractivity contribution in [2.24, 2.45) is 0 Å². The monoisotopic (exact) mass is 312 g/mol. The van der Waals surface area contributed by atoms with Crippen molar-refractivity contribution in [3.05, 3.63) is 63.3 Å². The van der Waals surface area contributed by atoms with Crippen LogP contribution in [0.5, 0.6) is 5.75 Å². The van der Waals surface area contributed by atoms with Crippen molar-refractivity contribution in [3.8, 4) is 17.1 Å².